The maximum Gasteiger partial charge on any atom is 0.264 e. The first-order valence-corrected chi connectivity index (χ1v) is 16.6. The van der Waals surface area contributed by atoms with Crippen LogP contribution in [0, 0.1) is 0 Å². The molecule has 0 spiro atoms. The Bertz CT molecular complexity index is 1500. The Balaban J connectivity index is 1.70. The zero-order chi connectivity index (χ0) is 31.0. The summed E-state index contributed by atoms with van der Waals surface area (Å²) < 4.78 is 34.2. The molecule has 0 aliphatic heterocycles. The lowest BCUT2D eigenvalue weighted by atomic mass is 9.95. The molecule has 230 valence electrons. The SMILES string of the molecule is CC[C@@H](C(=O)NC1CCCCC1)N(Cc1ccc(Cl)c(Cl)c1)C(=O)CN(c1ccccc1)S(=O)(=O)c1ccc(OC)cc1. The molecule has 0 radical (unpaired) electrons. The van der Waals surface area contributed by atoms with Gasteiger partial charge in [0.05, 0.1) is 27.7 Å². The molecule has 1 fully saturated rings. The van der Waals surface area contributed by atoms with E-state index in [1.807, 2.05) is 6.92 Å². The summed E-state index contributed by atoms with van der Waals surface area (Å²) in [5.41, 5.74) is 0.983. The molecule has 8 nitrogen and oxygen atoms in total. The highest BCUT2D eigenvalue weighted by Gasteiger charge is 2.34. The zero-order valence-electron chi connectivity index (χ0n) is 24.3. The first-order valence-electron chi connectivity index (χ1n) is 14.4. The van der Waals surface area contributed by atoms with Crippen molar-refractivity contribution in [2.45, 2.75) is 69.0 Å². The van der Waals surface area contributed by atoms with Gasteiger partial charge in [0, 0.05) is 12.6 Å². The van der Waals surface area contributed by atoms with E-state index in [0.717, 1.165) is 36.4 Å². The van der Waals surface area contributed by atoms with Crippen molar-refractivity contribution in [3.63, 3.8) is 0 Å². The van der Waals surface area contributed by atoms with Crippen molar-refractivity contribution in [1.29, 1.82) is 0 Å². The highest BCUT2D eigenvalue weighted by Crippen LogP contribution is 2.28. The van der Waals surface area contributed by atoms with Crippen molar-refractivity contribution < 1.29 is 22.7 Å². The van der Waals surface area contributed by atoms with Crippen molar-refractivity contribution in [2.75, 3.05) is 18.0 Å². The van der Waals surface area contributed by atoms with Gasteiger partial charge in [0.25, 0.3) is 10.0 Å². The lowest BCUT2D eigenvalue weighted by Crippen LogP contribution is -2.54. The fourth-order valence-corrected chi connectivity index (χ4v) is 7.03. The summed E-state index contributed by atoms with van der Waals surface area (Å²) in [6.45, 7) is 1.35. The van der Waals surface area contributed by atoms with Gasteiger partial charge in [-0.15, -0.1) is 0 Å². The lowest BCUT2D eigenvalue weighted by Gasteiger charge is -2.34. The van der Waals surface area contributed by atoms with Gasteiger partial charge in [-0.1, -0.05) is 73.7 Å². The second kappa shape index (κ2) is 14.9. The molecule has 11 heteroatoms. The summed E-state index contributed by atoms with van der Waals surface area (Å²) in [4.78, 5) is 29.3. The number of nitrogens with zero attached hydrogens (tertiary/aromatic N) is 2. The fraction of sp³-hybridized carbons (Fsp3) is 0.375. The number of anilines is 1. The van der Waals surface area contributed by atoms with Gasteiger partial charge in [-0.2, -0.15) is 0 Å². The van der Waals surface area contributed by atoms with Gasteiger partial charge in [-0.05, 0) is 73.4 Å². The Morgan fingerprint density at radius 3 is 2.23 bits per heavy atom. The van der Waals surface area contributed by atoms with E-state index in [1.165, 1.54) is 24.1 Å². The number of benzene rings is 3. The van der Waals surface area contributed by atoms with Crippen molar-refractivity contribution >= 4 is 50.7 Å². The van der Waals surface area contributed by atoms with E-state index in [0.29, 0.717) is 33.5 Å². The summed E-state index contributed by atoms with van der Waals surface area (Å²) in [7, 11) is -2.68. The number of carbonyl (C=O) groups is 2. The van der Waals surface area contributed by atoms with Crippen LogP contribution >= 0.6 is 23.2 Å². The number of halogens is 2. The van der Waals surface area contributed by atoms with Crippen LogP contribution in [0.5, 0.6) is 5.75 Å². The average molecular weight is 647 g/mol. The largest absolute Gasteiger partial charge is 0.497 e. The maximum absolute atomic E-state index is 14.2. The molecular weight excluding hydrogens is 609 g/mol. The molecule has 3 aromatic carbocycles. The third-order valence-corrected chi connectivity index (χ3v) is 10.2. The molecule has 1 aliphatic rings. The number of methoxy groups -OCH3 is 1. The lowest BCUT2D eigenvalue weighted by molar-refractivity contribution is -0.140. The van der Waals surface area contributed by atoms with Crippen LogP contribution in [0.2, 0.25) is 10.0 Å². The smallest absolute Gasteiger partial charge is 0.264 e. The minimum atomic E-state index is -4.18. The third kappa shape index (κ3) is 8.22. The Kier molecular flexibility index (Phi) is 11.3. The standard InChI is InChI=1S/C32H37Cl2N3O5S/c1-3-30(32(39)35-24-10-6-4-7-11-24)36(21-23-14-19-28(33)29(34)20-23)31(38)22-37(25-12-8-5-9-13-25)43(40,41)27-17-15-26(42-2)16-18-27/h5,8-9,12-20,24,30H,3-4,6-7,10-11,21-22H2,1-2H3,(H,35,39)/t30-/m0/s1. The minimum Gasteiger partial charge on any atom is -0.497 e. The normalized spacial score (nSPS) is 14.5. The Morgan fingerprint density at radius 1 is 0.953 bits per heavy atom. The molecule has 4 rings (SSSR count). The van der Waals surface area contributed by atoms with E-state index in [9.17, 15) is 18.0 Å². The number of nitrogens with one attached hydrogen (secondary N) is 1. The summed E-state index contributed by atoms with van der Waals surface area (Å²) in [6, 6.07) is 18.7. The maximum atomic E-state index is 14.2. The molecule has 0 aromatic heterocycles. The highest BCUT2D eigenvalue weighted by atomic mass is 35.5. The molecular formula is C32H37Cl2N3O5S. The monoisotopic (exact) mass is 645 g/mol. The van der Waals surface area contributed by atoms with Crippen LogP contribution in [0.15, 0.2) is 77.7 Å². The second-order valence-corrected chi connectivity index (χ2v) is 13.2. The summed E-state index contributed by atoms with van der Waals surface area (Å²) >= 11 is 12.4. The predicted octanol–water partition coefficient (Wildman–Crippen LogP) is 6.45. The van der Waals surface area contributed by atoms with Crippen molar-refractivity contribution in [3.05, 3.63) is 88.4 Å². The summed E-state index contributed by atoms with van der Waals surface area (Å²) in [5, 5.41) is 3.83. The molecule has 3 aromatic rings. The Hall–Kier alpha value is -3.27. The molecule has 2 amide bonds. The van der Waals surface area contributed by atoms with Gasteiger partial charge in [-0.3, -0.25) is 13.9 Å². The van der Waals surface area contributed by atoms with E-state index in [-0.39, 0.29) is 23.4 Å². The second-order valence-electron chi connectivity index (χ2n) is 10.6. The fourth-order valence-electron chi connectivity index (χ4n) is 5.30. The van der Waals surface area contributed by atoms with Crippen LogP contribution < -0.4 is 14.4 Å². The molecule has 43 heavy (non-hydrogen) atoms. The first-order chi connectivity index (χ1) is 20.6. The van der Waals surface area contributed by atoms with E-state index in [4.69, 9.17) is 27.9 Å². The Morgan fingerprint density at radius 2 is 1.63 bits per heavy atom. The molecule has 0 saturated heterocycles. The van der Waals surface area contributed by atoms with Gasteiger partial charge in [0.2, 0.25) is 11.8 Å². The van der Waals surface area contributed by atoms with Gasteiger partial charge in [0.15, 0.2) is 0 Å². The number of hydrogen-bond donors (Lipinski definition) is 1. The number of rotatable bonds is 12. The van der Waals surface area contributed by atoms with E-state index >= 15 is 0 Å². The number of ether oxygens (including phenoxy) is 1. The van der Waals surface area contributed by atoms with Crippen LogP contribution in [-0.4, -0.2) is 50.9 Å². The van der Waals surface area contributed by atoms with E-state index in [1.54, 1.807) is 60.7 Å². The molecule has 0 bridgehead atoms. The summed E-state index contributed by atoms with van der Waals surface area (Å²) in [6.07, 6.45) is 5.35. The molecule has 0 heterocycles. The quantitative estimate of drug-likeness (QED) is 0.244. The topological polar surface area (TPSA) is 96.0 Å². The predicted molar refractivity (Wildman–Crippen MR) is 170 cm³/mol. The molecule has 1 N–H and O–H groups in total. The first kappa shape index (κ1) is 32.6. The van der Waals surface area contributed by atoms with E-state index < -0.39 is 28.5 Å². The van der Waals surface area contributed by atoms with Gasteiger partial charge < -0.3 is 15.0 Å². The van der Waals surface area contributed by atoms with Gasteiger partial charge in [0.1, 0.15) is 18.3 Å². The van der Waals surface area contributed by atoms with Crippen LogP contribution in [0.3, 0.4) is 0 Å². The zero-order valence-corrected chi connectivity index (χ0v) is 26.7. The number of para-hydroxylation sites is 1. The number of sulfonamides is 1. The number of amides is 2. The average Bonchev–Trinajstić information content (AvgIpc) is 3.02. The Labute approximate surface area is 264 Å². The van der Waals surface area contributed by atoms with Crippen LogP contribution in [0.1, 0.15) is 51.0 Å². The van der Waals surface area contributed by atoms with Gasteiger partial charge in [-0.25, -0.2) is 8.42 Å². The van der Waals surface area contributed by atoms with Gasteiger partial charge >= 0.3 is 0 Å². The van der Waals surface area contributed by atoms with Crippen molar-refractivity contribution in [3.8, 4) is 5.75 Å². The van der Waals surface area contributed by atoms with Crippen LogP contribution in [0.4, 0.5) is 5.69 Å². The van der Waals surface area contributed by atoms with Crippen molar-refractivity contribution in [2.24, 2.45) is 0 Å². The molecule has 1 atom stereocenters. The molecule has 1 saturated carbocycles. The van der Waals surface area contributed by atoms with E-state index in [2.05, 4.69) is 5.32 Å². The third-order valence-electron chi connectivity index (χ3n) is 7.64. The van der Waals surface area contributed by atoms with Crippen LogP contribution in [-0.2, 0) is 26.2 Å². The highest BCUT2D eigenvalue weighted by molar-refractivity contribution is 7.92. The molecule has 0 unspecified atom stereocenters. The number of hydrogen-bond acceptors (Lipinski definition) is 5. The summed E-state index contributed by atoms with van der Waals surface area (Å²) in [5.74, 6) is -0.284. The van der Waals surface area contributed by atoms with Crippen molar-refractivity contribution in [1.82, 2.24) is 10.2 Å². The minimum absolute atomic E-state index is 0.00284. The van der Waals surface area contributed by atoms with Crippen LogP contribution in [0.25, 0.3) is 0 Å². The number of carbonyl (C=O) groups excluding carboxylic acids is 2. The molecule has 1 aliphatic carbocycles.